The Morgan fingerprint density at radius 3 is 2.33 bits per heavy atom. The monoisotopic (exact) mass is 432 g/mol. The van der Waals surface area contributed by atoms with E-state index in [0.29, 0.717) is 31.2 Å². The summed E-state index contributed by atoms with van der Waals surface area (Å²) in [4.78, 5) is 17.7. The van der Waals surface area contributed by atoms with Crippen molar-refractivity contribution in [2.24, 2.45) is 4.99 Å². The molecular weight excluding hydrogens is 408 g/mol. The number of nitrogens with zero attached hydrogens (tertiary/aromatic N) is 2. The normalized spacial score (nSPS) is 11.0. The van der Waals surface area contributed by atoms with Crippen LogP contribution in [0.25, 0.3) is 0 Å². The van der Waals surface area contributed by atoms with Gasteiger partial charge in [-0.15, -0.1) is 0 Å². The van der Waals surface area contributed by atoms with Crippen LogP contribution in [0.5, 0.6) is 5.75 Å². The molecule has 2 N–H and O–H groups in total. The van der Waals surface area contributed by atoms with Gasteiger partial charge in [0.15, 0.2) is 5.96 Å². The molecule has 0 spiro atoms. The fraction of sp³-hybridized carbons (Fsp3) is 0.300. The molecule has 27 heavy (non-hydrogen) atoms. The second kappa shape index (κ2) is 10.6. The lowest BCUT2D eigenvalue weighted by Gasteiger charge is -2.13. The maximum Gasteiger partial charge on any atom is 0.253 e. The molecule has 0 aromatic heterocycles. The summed E-state index contributed by atoms with van der Waals surface area (Å²) in [6, 6.07) is 15.3. The summed E-state index contributed by atoms with van der Waals surface area (Å²) in [7, 11) is 5.21. The molecule has 2 aromatic carbocycles. The van der Waals surface area contributed by atoms with E-state index in [4.69, 9.17) is 4.74 Å². The lowest BCUT2D eigenvalue weighted by atomic mass is 10.1. The molecule has 1 amide bonds. The van der Waals surface area contributed by atoms with Gasteiger partial charge in [0, 0.05) is 37.7 Å². The second-order valence-corrected chi connectivity index (χ2v) is 6.97. The highest BCUT2D eigenvalue weighted by atomic mass is 79.9. The van der Waals surface area contributed by atoms with Crippen LogP contribution in [0.1, 0.15) is 15.9 Å². The van der Waals surface area contributed by atoms with Crippen molar-refractivity contribution in [2.45, 2.75) is 6.54 Å². The quantitative estimate of drug-likeness (QED) is 0.401. The standard InChI is InChI=1S/C20H25BrN4O2/c1-22-20(23-12-13-27-18-10-8-17(21)9-11-18)24-14-15-4-6-16(7-5-15)19(26)25(2)3/h4-11H,12-14H2,1-3H3,(H2,22,23,24). The number of carbonyl (C=O) groups is 1. The van der Waals surface area contributed by atoms with Crippen LogP contribution in [0, 0.1) is 0 Å². The highest BCUT2D eigenvalue weighted by Gasteiger charge is 2.07. The molecule has 0 saturated heterocycles. The summed E-state index contributed by atoms with van der Waals surface area (Å²) in [5.74, 6) is 1.52. The molecule has 0 heterocycles. The molecule has 2 aromatic rings. The van der Waals surface area contributed by atoms with Gasteiger partial charge in [0.05, 0.1) is 6.54 Å². The molecule has 6 nitrogen and oxygen atoms in total. The van der Waals surface area contributed by atoms with E-state index in [1.165, 1.54) is 0 Å². The van der Waals surface area contributed by atoms with Crippen molar-refractivity contribution in [3.63, 3.8) is 0 Å². The number of benzene rings is 2. The maximum atomic E-state index is 11.9. The van der Waals surface area contributed by atoms with E-state index in [1.807, 2.05) is 48.5 Å². The number of aliphatic imine (C=N–C) groups is 1. The van der Waals surface area contributed by atoms with E-state index < -0.39 is 0 Å². The van der Waals surface area contributed by atoms with Gasteiger partial charge in [0.2, 0.25) is 0 Å². The van der Waals surface area contributed by atoms with Gasteiger partial charge in [-0.3, -0.25) is 9.79 Å². The summed E-state index contributed by atoms with van der Waals surface area (Å²) >= 11 is 3.40. The van der Waals surface area contributed by atoms with E-state index in [1.54, 1.807) is 26.0 Å². The SMILES string of the molecule is CN=C(NCCOc1ccc(Br)cc1)NCc1ccc(C(=O)N(C)C)cc1. The molecule has 2 rings (SSSR count). The van der Waals surface area contributed by atoms with Crippen LogP contribution in [-0.4, -0.2) is 51.1 Å². The summed E-state index contributed by atoms with van der Waals surface area (Å²) in [5.41, 5.74) is 1.75. The van der Waals surface area contributed by atoms with E-state index in [-0.39, 0.29) is 5.91 Å². The third-order valence-electron chi connectivity index (χ3n) is 3.77. The zero-order chi connectivity index (χ0) is 19.6. The highest BCUT2D eigenvalue weighted by molar-refractivity contribution is 9.10. The fourth-order valence-corrected chi connectivity index (χ4v) is 2.56. The Hall–Kier alpha value is -2.54. The Kier molecular flexibility index (Phi) is 8.13. The molecule has 7 heteroatoms. The molecular formula is C20H25BrN4O2. The number of hydrogen-bond donors (Lipinski definition) is 2. The third kappa shape index (κ3) is 6.94. The third-order valence-corrected chi connectivity index (χ3v) is 4.30. The van der Waals surface area contributed by atoms with Gasteiger partial charge in [-0.25, -0.2) is 0 Å². The predicted octanol–water partition coefficient (Wildman–Crippen LogP) is 2.89. The van der Waals surface area contributed by atoms with Crippen molar-refractivity contribution in [3.8, 4) is 5.75 Å². The zero-order valence-corrected chi connectivity index (χ0v) is 17.4. The van der Waals surface area contributed by atoms with Crippen molar-refractivity contribution in [1.29, 1.82) is 0 Å². The van der Waals surface area contributed by atoms with Crippen LogP contribution in [0.2, 0.25) is 0 Å². The molecule has 0 aliphatic carbocycles. The van der Waals surface area contributed by atoms with Gasteiger partial charge in [-0.2, -0.15) is 0 Å². The number of guanidine groups is 1. The first kappa shape index (κ1) is 20.8. The van der Waals surface area contributed by atoms with Crippen LogP contribution in [0.4, 0.5) is 0 Å². The summed E-state index contributed by atoms with van der Waals surface area (Å²) in [5, 5.41) is 6.45. The van der Waals surface area contributed by atoms with E-state index in [9.17, 15) is 4.79 Å². The van der Waals surface area contributed by atoms with Gasteiger partial charge in [0.25, 0.3) is 5.91 Å². The van der Waals surface area contributed by atoms with Crippen LogP contribution >= 0.6 is 15.9 Å². The average Bonchev–Trinajstić information content (AvgIpc) is 2.68. The van der Waals surface area contributed by atoms with Crippen molar-refractivity contribution in [1.82, 2.24) is 15.5 Å². The van der Waals surface area contributed by atoms with Gasteiger partial charge in [-0.1, -0.05) is 28.1 Å². The molecule has 144 valence electrons. The molecule has 0 aliphatic rings. The minimum atomic E-state index is -0.00207. The van der Waals surface area contributed by atoms with Crippen molar-refractivity contribution >= 4 is 27.8 Å². The first-order valence-corrected chi connectivity index (χ1v) is 9.42. The van der Waals surface area contributed by atoms with Crippen LogP contribution < -0.4 is 15.4 Å². The highest BCUT2D eigenvalue weighted by Crippen LogP contribution is 2.15. The Morgan fingerprint density at radius 1 is 1.07 bits per heavy atom. The fourth-order valence-electron chi connectivity index (χ4n) is 2.30. The number of rotatable bonds is 7. The van der Waals surface area contributed by atoms with Gasteiger partial charge < -0.3 is 20.3 Å². The maximum absolute atomic E-state index is 11.9. The molecule has 0 aliphatic heterocycles. The first-order chi connectivity index (χ1) is 13.0. The Bertz CT molecular complexity index is 759. The van der Waals surface area contributed by atoms with Gasteiger partial charge >= 0.3 is 0 Å². The van der Waals surface area contributed by atoms with E-state index in [2.05, 4.69) is 31.6 Å². The van der Waals surface area contributed by atoms with Gasteiger partial charge in [-0.05, 0) is 42.0 Å². The molecule has 0 bridgehead atoms. The second-order valence-electron chi connectivity index (χ2n) is 6.05. The van der Waals surface area contributed by atoms with Gasteiger partial charge in [0.1, 0.15) is 12.4 Å². The van der Waals surface area contributed by atoms with E-state index in [0.717, 1.165) is 15.8 Å². The zero-order valence-electron chi connectivity index (χ0n) is 15.8. The van der Waals surface area contributed by atoms with Crippen LogP contribution in [0.3, 0.4) is 0 Å². The first-order valence-electron chi connectivity index (χ1n) is 8.63. The number of hydrogen-bond acceptors (Lipinski definition) is 3. The van der Waals surface area contributed by atoms with E-state index >= 15 is 0 Å². The number of ether oxygens (including phenoxy) is 1. The Balaban J connectivity index is 1.73. The van der Waals surface area contributed by atoms with Crippen molar-refractivity contribution in [2.75, 3.05) is 34.3 Å². The molecule has 0 unspecified atom stereocenters. The largest absolute Gasteiger partial charge is 0.492 e. The molecule has 0 saturated carbocycles. The Morgan fingerprint density at radius 2 is 1.74 bits per heavy atom. The molecule has 0 atom stereocenters. The predicted molar refractivity (Wildman–Crippen MR) is 112 cm³/mol. The summed E-state index contributed by atoms with van der Waals surface area (Å²) in [6.07, 6.45) is 0. The lowest BCUT2D eigenvalue weighted by molar-refractivity contribution is 0.0827. The van der Waals surface area contributed by atoms with Crippen LogP contribution in [0.15, 0.2) is 58.0 Å². The topological polar surface area (TPSA) is 66.0 Å². The smallest absolute Gasteiger partial charge is 0.253 e. The number of carbonyl (C=O) groups excluding carboxylic acids is 1. The molecule has 0 radical (unpaired) electrons. The number of halogens is 1. The number of nitrogens with one attached hydrogen (secondary N) is 2. The number of amides is 1. The van der Waals surface area contributed by atoms with Crippen LogP contribution in [-0.2, 0) is 6.54 Å². The van der Waals surface area contributed by atoms with Crippen molar-refractivity contribution in [3.05, 3.63) is 64.1 Å². The minimum Gasteiger partial charge on any atom is -0.492 e. The summed E-state index contributed by atoms with van der Waals surface area (Å²) in [6.45, 7) is 1.78. The Labute approximate surface area is 168 Å². The van der Waals surface area contributed by atoms with Crippen molar-refractivity contribution < 1.29 is 9.53 Å². The summed E-state index contributed by atoms with van der Waals surface area (Å²) < 4.78 is 6.70. The average molecular weight is 433 g/mol. The minimum absolute atomic E-state index is 0.00207. The molecule has 0 fully saturated rings. The lowest BCUT2D eigenvalue weighted by Crippen LogP contribution is -2.38.